The molecular weight excluding hydrogens is 440 g/mol. The Kier molecular flexibility index (Phi) is 5.20. The van der Waals surface area contributed by atoms with Gasteiger partial charge in [0.05, 0.1) is 0 Å². The molecule has 2 heterocycles. The number of anilines is 1. The number of nitrogens with one attached hydrogen (secondary N) is 1. The molecule has 5 aromatic rings. The maximum Gasteiger partial charge on any atom is 0.257 e. The third-order valence-corrected chi connectivity index (χ3v) is 6.81. The van der Waals surface area contributed by atoms with E-state index < -0.39 is 0 Å². The number of carbonyl (C=O) groups is 2. The minimum atomic E-state index is -0.241. The number of Topliss-reactive ketones (excluding diaryl/α,β-unsaturated/α-hetero) is 1. The number of hydrogen-bond donors (Lipinski definition) is 1. The van der Waals surface area contributed by atoms with Crippen molar-refractivity contribution in [2.45, 2.75) is 13.8 Å². The standard InChI is InChI=1S/C25H18N2O3S2/c1-14-11-20-22(12-16(13-23(20)32-14)24(29)27-25-26-9-10-31-25)30-21-8-7-17(15(2)28)18-5-3-4-6-19(18)21/h3-13H,1-2H3,(H,26,27,29). The molecule has 0 aliphatic rings. The molecule has 3 aromatic carbocycles. The third kappa shape index (κ3) is 3.77. The highest BCUT2D eigenvalue weighted by Crippen LogP contribution is 2.39. The second kappa shape index (κ2) is 8.18. The van der Waals surface area contributed by atoms with Crippen molar-refractivity contribution in [2.75, 3.05) is 5.32 Å². The van der Waals surface area contributed by atoms with Crippen LogP contribution in [0, 0.1) is 6.92 Å². The second-order valence-electron chi connectivity index (χ2n) is 7.35. The first-order chi connectivity index (χ1) is 15.5. The van der Waals surface area contributed by atoms with E-state index in [4.69, 9.17) is 4.74 Å². The molecule has 0 bridgehead atoms. The van der Waals surface area contributed by atoms with Gasteiger partial charge in [-0.3, -0.25) is 14.9 Å². The fourth-order valence-electron chi connectivity index (χ4n) is 3.69. The molecule has 1 amide bonds. The predicted octanol–water partition coefficient (Wildman–Crippen LogP) is 7.07. The van der Waals surface area contributed by atoms with Gasteiger partial charge in [-0.15, -0.1) is 22.7 Å². The number of ether oxygens (including phenoxy) is 1. The van der Waals surface area contributed by atoms with Gasteiger partial charge in [-0.25, -0.2) is 4.98 Å². The van der Waals surface area contributed by atoms with Crippen molar-refractivity contribution >= 4 is 60.4 Å². The normalized spacial score (nSPS) is 11.1. The molecule has 0 saturated carbocycles. The van der Waals surface area contributed by atoms with Crippen molar-refractivity contribution in [3.8, 4) is 11.5 Å². The molecule has 32 heavy (non-hydrogen) atoms. The van der Waals surface area contributed by atoms with Crippen molar-refractivity contribution in [1.29, 1.82) is 0 Å². The zero-order chi connectivity index (χ0) is 22.2. The number of thiophene rings is 1. The summed E-state index contributed by atoms with van der Waals surface area (Å²) in [4.78, 5) is 30.2. The van der Waals surface area contributed by atoms with Gasteiger partial charge < -0.3 is 4.74 Å². The van der Waals surface area contributed by atoms with Crippen molar-refractivity contribution in [3.63, 3.8) is 0 Å². The average Bonchev–Trinajstić information content (AvgIpc) is 3.42. The Hall–Kier alpha value is -3.55. The highest BCUT2D eigenvalue weighted by Gasteiger charge is 2.17. The topological polar surface area (TPSA) is 68.3 Å². The van der Waals surface area contributed by atoms with Crippen LogP contribution in [0.25, 0.3) is 20.9 Å². The van der Waals surface area contributed by atoms with Gasteiger partial charge in [0.25, 0.3) is 5.91 Å². The van der Waals surface area contributed by atoms with Gasteiger partial charge in [0.15, 0.2) is 10.9 Å². The van der Waals surface area contributed by atoms with E-state index in [2.05, 4.69) is 16.4 Å². The summed E-state index contributed by atoms with van der Waals surface area (Å²) in [6.07, 6.45) is 1.65. The van der Waals surface area contributed by atoms with Gasteiger partial charge in [-0.2, -0.15) is 0 Å². The largest absolute Gasteiger partial charge is 0.456 e. The van der Waals surface area contributed by atoms with Crippen molar-refractivity contribution < 1.29 is 14.3 Å². The van der Waals surface area contributed by atoms with Crippen LogP contribution in [0.15, 0.2) is 66.2 Å². The SMILES string of the molecule is CC(=O)c1ccc(Oc2cc(C(=O)Nc3nccs3)cc3sc(C)cc23)c2ccccc12. The molecule has 5 rings (SSSR count). The summed E-state index contributed by atoms with van der Waals surface area (Å²) in [5, 5.41) is 7.82. The van der Waals surface area contributed by atoms with Crippen LogP contribution < -0.4 is 10.1 Å². The molecule has 158 valence electrons. The molecule has 0 spiro atoms. The highest BCUT2D eigenvalue weighted by molar-refractivity contribution is 7.19. The lowest BCUT2D eigenvalue weighted by Gasteiger charge is -2.13. The first-order valence-electron chi connectivity index (χ1n) is 9.95. The molecule has 5 nitrogen and oxygen atoms in total. The summed E-state index contributed by atoms with van der Waals surface area (Å²) in [7, 11) is 0. The number of hydrogen-bond acceptors (Lipinski definition) is 6. The molecule has 0 saturated heterocycles. The fourth-order valence-corrected chi connectivity index (χ4v) is 5.19. The summed E-state index contributed by atoms with van der Waals surface area (Å²) < 4.78 is 7.35. The number of thiazole rings is 1. The molecule has 0 atom stereocenters. The van der Waals surface area contributed by atoms with Crippen LogP contribution in [0.3, 0.4) is 0 Å². The number of fused-ring (bicyclic) bond motifs is 2. The van der Waals surface area contributed by atoms with Crippen LogP contribution in [0.1, 0.15) is 32.5 Å². The molecule has 0 radical (unpaired) electrons. The minimum Gasteiger partial charge on any atom is -0.456 e. The van der Waals surface area contributed by atoms with Gasteiger partial charge in [-0.05, 0) is 49.6 Å². The predicted molar refractivity (Wildman–Crippen MR) is 131 cm³/mol. The van der Waals surface area contributed by atoms with Gasteiger partial charge in [0.2, 0.25) is 0 Å². The first-order valence-corrected chi connectivity index (χ1v) is 11.6. The smallest absolute Gasteiger partial charge is 0.257 e. The molecule has 0 aliphatic heterocycles. The lowest BCUT2D eigenvalue weighted by Crippen LogP contribution is -2.11. The van der Waals surface area contributed by atoms with E-state index >= 15 is 0 Å². The van der Waals surface area contributed by atoms with E-state index in [-0.39, 0.29) is 11.7 Å². The highest BCUT2D eigenvalue weighted by atomic mass is 32.1. The molecule has 1 N–H and O–H groups in total. The molecule has 0 unspecified atom stereocenters. The Morgan fingerprint density at radius 1 is 0.969 bits per heavy atom. The number of nitrogens with zero attached hydrogens (tertiary/aromatic N) is 1. The van der Waals surface area contributed by atoms with E-state index in [0.29, 0.717) is 27.8 Å². The van der Waals surface area contributed by atoms with Crippen LogP contribution in [0.4, 0.5) is 5.13 Å². The first kappa shape index (κ1) is 20.4. The van der Waals surface area contributed by atoms with Crippen LogP contribution in [0.2, 0.25) is 0 Å². The van der Waals surface area contributed by atoms with Gasteiger partial charge >= 0.3 is 0 Å². The maximum atomic E-state index is 12.9. The van der Waals surface area contributed by atoms with Gasteiger partial charge in [0.1, 0.15) is 11.5 Å². The monoisotopic (exact) mass is 458 g/mol. The van der Waals surface area contributed by atoms with E-state index in [9.17, 15) is 9.59 Å². The number of benzene rings is 3. The number of aromatic nitrogens is 1. The third-order valence-electron chi connectivity index (χ3n) is 5.12. The Labute approximate surface area is 192 Å². The second-order valence-corrected chi connectivity index (χ2v) is 9.53. The number of amides is 1. The van der Waals surface area contributed by atoms with E-state index in [0.717, 1.165) is 25.7 Å². The summed E-state index contributed by atoms with van der Waals surface area (Å²) in [5.41, 5.74) is 1.15. The van der Waals surface area contributed by atoms with Crippen LogP contribution in [0.5, 0.6) is 11.5 Å². The number of rotatable bonds is 5. The Morgan fingerprint density at radius 3 is 2.53 bits per heavy atom. The minimum absolute atomic E-state index is 0.00412. The Morgan fingerprint density at radius 2 is 1.78 bits per heavy atom. The van der Waals surface area contributed by atoms with Crippen LogP contribution in [-0.2, 0) is 0 Å². The number of ketones is 1. The van der Waals surface area contributed by atoms with Crippen LogP contribution >= 0.6 is 22.7 Å². The summed E-state index contributed by atoms with van der Waals surface area (Å²) >= 11 is 2.97. The molecular formula is C25H18N2O3S2. The van der Waals surface area contributed by atoms with E-state index in [1.807, 2.05) is 48.7 Å². The molecule has 2 aromatic heterocycles. The van der Waals surface area contributed by atoms with Gasteiger partial charge in [0, 0.05) is 43.1 Å². The summed E-state index contributed by atoms with van der Waals surface area (Å²) in [6.45, 7) is 3.59. The quantitative estimate of drug-likeness (QED) is 0.286. The average molecular weight is 459 g/mol. The van der Waals surface area contributed by atoms with Crippen molar-refractivity contribution in [1.82, 2.24) is 4.98 Å². The van der Waals surface area contributed by atoms with E-state index in [1.165, 1.54) is 11.3 Å². The fraction of sp³-hybridized carbons (Fsp3) is 0.0800. The summed E-state index contributed by atoms with van der Waals surface area (Å²) in [5.74, 6) is 0.990. The zero-order valence-electron chi connectivity index (χ0n) is 17.3. The van der Waals surface area contributed by atoms with Crippen molar-refractivity contribution in [3.05, 3.63) is 82.2 Å². The number of carbonyl (C=O) groups excluding carboxylic acids is 2. The Bertz CT molecular complexity index is 1490. The zero-order valence-corrected chi connectivity index (χ0v) is 19.0. The Balaban J connectivity index is 1.61. The molecule has 0 fully saturated rings. The molecule has 0 aliphatic carbocycles. The van der Waals surface area contributed by atoms with Crippen molar-refractivity contribution in [2.24, 2.45) is 0 Å². The maximum absolute atomic E-state index is 12.9. The van der Waals surface area contributed by atoms with E-state index in [1.54, 1.807) is 36.6 Å². The lowest BCUT2D eigenvalue weighted by molar-refractivity contribution is 0.101. The summed E-state index contributed by atoms with van der Waals surface area (Å²) in [6, 6.07) is 17.0. The van der Waals surface area contributed by atoms with Crippen LogP contribution in [-0.4, -0.2) is 16.7 Å². The molecule has 7 heteroatoms. The number of aryl methyl sites for hydroxylation is 1. The van der Waals surface area contributed by atoms with Gasteiger partial charge in [-0.1, -0.05) is 24.3 Å². The lowest BCUT2D eigenvalue weighted by atomic mass is 10.0.